The Balaban J connectivity index is 2.07. The van der Waals surface area contributed by atoms with Crippen LogP contribution >= 0.6 is 23.2 Å². The van der Waals surface area contributed by atoms with Gasteiger partial charge in [0.25, 0.3) is 10.0 Å². The van der Waals surface area contributed by atoms with Crippen LogP contribution in [0.2, 0.25) is 10.0 Å². The average molecular weight is 619 g/mol. The molecule has 0 aliphatic carbocycles. The lowest BCUT2D eigenvalue weighted by molar-refractivity contribution is -0.140. The third-order valence-corrected chi connectivity index (χ3v) is 8.91. The molecule has 41 heavy (non-hydrogen) atoms. The average Bonchev–Trinajstić information content (AvgIpc) is 2.92. The minimum Gasteiger partial charge on any atom is -0.354 e. The monoisotopic (exact) mass is 617 g/mol. The van der Waals surface area contributed by atoms with Crippen molar-refractivity contribution >= 4 is 50.7 Å². The molecule has 0 radical (unpaired) electrons. The second-order valence-electron chi connectivity index (χ2n) is 10.5. The van der Waals surface area contributed by atoms with Crippen molar-refractivity contribution in [2.24, 2.45) is 5.92 Å². The summed E-state index contributed by atoms with van der Waals surface area (Å²) in [6, 6.07) is 17.5. The molecule has 3 rings (SSSR count). The van der Waals surface area contributed by atoms with Crippen molar-refractivity contribution in [1.29, 1.82) is 0 Å². The van der Waals surface area contributed by atoms with Crippen LogP contribution in [0.3, 0.4) is 0 Å². The van der Waals surface area contributed by atoms with Gasteiger partial charge in [-0.3, -0.25) is 13.9 Å². The highest BCUT2D eigenvalue weighted by Crippen LogP contribution is 2.30. The van der Waals surface area contributed by atoms with Crippen molar-refractivity contribution < 1.29 is 18.0 Å². The molecule has 1 N–H and O–H groups in total. The van der Waals surface area contributed by atoms with Crippen LogP contribution in [0.1, 0.15) is 43.9 Å². The smallest absolute Gasteiger partial charge is 0.264 e. The quantitative estimate of drug-likeness (QED) is 0.255. The first-order valence-corrected chi connectivity index (χ1v) is 15.7. The number of hydrogen-bond donors (Lipinski definition) is 1. The summed E-state index contributed by atoms with van der Waals surface area (Å²) in [7, 11) is -4.16. The van der Waals surface area contributed by atoms with Crippen molar-refractivity contribution in [1.82, 2.24) is 10.2 Å². The number of carbonyl (C=O) groups excluding carboxylic acids is 2. The molecule has 0 unspecified atom stereocenters. The van der Waals surface area contributed by atoms with E-state index in [1.54, 1.807) is 61.5 Å². The molecular formula is C31H37Cl2N3O4S. The molecule has 0 aliphatic rings. The molecule has 7 nitrogen and oxygen atoms in total. The zero-order valence-corrected chi connectivity index (χ0v) is 26.4. The standard InChI is InChI=1S/C31H37Cl2N3O4S/c1-6-28(31(38)34-18-21(2)3)35(19-24-9-11-25(32)12-10-24)30(37)20-36(29-16-13-26(33)17-23(29)5)41(39,40)27-14-7-22(4)8-15-27/h7-17,21,28H,6,18-20H2,1-5H3,(H,34,38)/t28-/m1/s1. The van der Waals surface area contributed by atoms with E-state index in [0.717, 1.165) is 15.4 Å². The van der Waals surface area contributed by atoms with E-state index in [4.69, 9.17) is 23.2 Å². The van der Waals surface area contributed by atoms with Crippen LogP contribution in [0.25, 0.3) is 0 Å². The summed E-state index contributed by atoms with van der Waals surface area (Å²) in [4.78, 5) is 28.9. The molecule has 1 atom stereocenters. The first kappa shape index (κ1) is 32.4. The summed E-state index contributed by atoms with van der Waals surface area (Å²) in [6.45, 7) is 9.44. The molecule has 0 saturated carbocycles. The zero-order chi connectivity index (χ0) is 30.3. The fraction of sp³-hybridized carbons (Fsp3) is 0.355. The van der Waals surface area contributed by atoms with E-state index in [0.29, 0.717) is 34.3 Å². The van der Waals surface area contributed by atoms with E-state index in [-0.39, 0.29) is 23.3 Å². The van der Waals surface area contributed by atoms with Gasteiger partial charge < -0.3 is 10.2 Å². The number of carbonyl (C=O) groups is 2. The molecule has 10 heteroatoms. The fourth-order valence-corrected chi connectivity index (χ4v) is 6.21. The minimum atomic E-state index is -4.16. The van der Waals surface area contributed by atoms with Crippen molar-refractivity contribution in [3.05, 3.63) is 93.5 Å². The number of rotatable bonds is 12. The van der Waals surface area contributed by atoms with Gasteiger partial charge in [-0.1, -0.05) is 73.8 Å². The first-order chi connectivity index (χ1) is 19.3. The van der Waals surface area contributed by atoms with E-state index in [1.807, 2.05) is 27.7 Å². The zero-order valence-electron chi connectivity index (χ0n) is 24.0. The molecule has 220 valence electrons. The molecule has 0 saturated heterocycles. The molecule has 3 aromatic carbocycles. The number of nitrogens with one attached hydrogen (secondary N) is 1. The van der Waals surface area contributed by atoms with Crippen molar-refractivity contribution in [3.63, 3.8) is 0 Å². The van der Waals surface area contributed by atoms with E-state index >= 15 is 0 Å². The number of sulfonamides is 1. The normalized spacial score (nSPS) is 12.2. The van der Waals surface area contributed by atoms with Crippen molar-refractivity contribution in [2.45, 2.75) is 58.5 Å². The maximum Gasteiger partial charge on any atom is 0.264 e. The maximum atomic E-state index is 14.1. The number of anilines is 1. The van der Waals surface area contributed by atoms with Crippen molar-refractivity contribution in [3.8, 4) is 0 Å². The van der Waals surface area contributed by atoms with Gasteiger partial charge in [0.2, 0.25) is 11.8 Å². The number of benzene rings is 3. The fourth-order valence-electron chi connectivity index (χ4n) is 4.38. The highest BCUT2D eigenvalue weighted by Gasteiger charge is 2.34. The van der Waals surface area contributed by atoms with Gasteiger partial charge in [0.15, 0.2) is 0 Å². The Labute approximate surface area is 253 Å². The van der Waals surface area contributed by atoms with Crippen LogP contribution in [0.15, 0.2) is 71.6 Å². The Morgan fingerprint density at radius 2 is 1.51 bits per heavy atom. The lowest BCUT2D eigenvalue weighted by Gasteiger charge is -2.33. The van der Waals surface area contributed by atoms with Gasteiger partial charge in [-0.15, -0.1) is 0 Å². The van der Waals surface area contributed by atoms with E-state index in [9.17, 15) is 18.0 Å². The minimum absolute atomic E-state index is 0.0521. The van der Waals surface area contributed by atoms with E-state index in [1.165, 1.54) is 17.0 Å². The molecule has 0 heterocycles. The number of hydrogen-bond acceptors (Lipinski definition) is 4. The number of aryl methyl sites for hydroxylation is 2. The van der Waals surface area contributed by atoms with Gasteiger partial charge >= 0.3 is 0 Å². The third-order valence-electron chi connectivity index (χ3n) is 6.65. The van der Waals surface area contributed by atoms with Crippen LogP contribution in [-0.4, -0.2) is 44.3 Å². The Morgan fingerprint density at radius 3 is 2.07 bits per heavy atom. The van der Waals surface area contributed by atoms with Gasteiger partial charge in [-0.2, -0.15) is 0 Å². The van der Waals surface area contributed by atoms with Gasteiger partial charge in [0.05, 0.1) is 10.6 Å². The lowest BCUT2D eigenvalue weighted by Crippen LogP contribution is -2.52. The molecule has 2 amide bonds. The van der Waals surface area contributed by atoms with Gasteiger partial charge in [-0.25, -0.2) is 8.42 Å². The van der Waals surface area contributed by atoms with E-state index in [2.05, 4.69) is 5.32 Å². The Morgan fingerprint density at radius 1 is 0.902 bits per heavy atom. The number of nitrogens with zero attached hydrogens (tertiary/aromatic N) is 2. The number of halogens is 2. The Bertz CT molecular complexity index is 1460. The van der Waals surface area contributed by atoms with Crippen LogP contribution < -0.4 is 9.62 Å². The molecule has 0 spiro atoms. The summed E-state index contributed by atoms with van der Waals surface area (Å²) in [5.41, 5.74) is 2.58. The Kier molecular flexibility index (Phi) is 11.2. The predicted octanol–water partition coefficient (Wildman–Crippen LogP) is 6.39. The molecule has 0 bridgehead atoms. The lowest BCUT2D eigenvalue weighted by atomic mass is 10.1. The third kappa shape index (κ3) is 8.47. The van der Waals surface area contributed by atoms with Crippen LogP contribution in [-0.2, 0) is 26.2 Å². The summed E-state index contributed by atoms with van der Waals surface area (Å²) >= 11 is 12.3. The molecule has 3 aromatic rings. The summed E-state index contributed by atoms with van der Waals surface area (Å²) in [5, 5.41) is 3.91. The van der Waals surface area contributed by atoms with Crippen LogP contribution in [0.4, 0.5) is 5.69 Å². The second-order valence-corrected chi connectivity index (χ2v) is 13.2. The maximum absolute atomic E-state index is 14.1. The van der Waals surface area contributed by atoms with Crippen molar-refractivity contribution in [2.75, 3.05) is 17.4 Å². The SMILES string of the molecule is CC[C@H](C(=O)NCC(C)C)N(Cc1ccc(Cl)cc1)C(=O)CN(c1ccc(Cl)cc1C)S(=O)(=O)c1ccc(C)cc1. The van der Waals surface area contributed by atoms with Crippen LogP contribution in [0, 0.1) is 19.8 Å². The Hall–Kier alpha value is -3.07. The highest BCUT2D eigenvalue weighted by atomic mass is 35.5. The largest absolute Gasteiger partial charge is 0.354 e. The second kappa shape index (κ2) is 14.2. The number of amides is 2. The van der Waals surface area contributed by atoms with Gasteiger partial charge in [0.1, 0.15) is 12.6 Å². The molecule has 0 aliphatic heterocycles. The van der Waals surface area contributed by atoms with Gasteiger partial charge in [-0.05, 0) is 79.8 Å². The van der Waals surface area contributed by atoms with Crippen LogP contribution in [0.5, 0.6) is 0 Å². The highest BCUT2D eigenvalue weighted by molar-refractivity contribution is 7.92. The molecular weight excluding hydrogens is 581 g/mol. The van der Waals surface area contributed by atoms with Gasteiger partial charge in [0, 0.05) is 23.1 Å². The summed E-state index contributed by atoms with van der Waals surface area (Å²) in [5.74, 6) is -0.587. The first-order valence-electron chi connectivity index (χ1n) is 13.5. The summed E-state index contributed by atoms with van der Waals surface area (Å²) in [6.07, 6.45) is 0.341. The van der Waals surface area contributed by atoms with E-state index < -0.39 is 28.5 Å². The molecule has 0 aromatic heterocycles. The predicted molar refractivity (Wildman–Crippen MR) is 166 cm³/mol. The topological polar surface area (TPSA) is 86.8 Å². The summed E-state index contributed by atoms with van der Waals surface area (Å²) < 4.78 is 29.1. The molecule has 0 fully saturated rings.